The SMILES string of the molecule is CC(n1ccc(CCN)c1)C12CC3CC(CC(C3)C1)C2. The summed E-state index contributed by atoms with van der Waals surface area (Å²) in [4.78, 5) is 0. The second-order valence-corrected chi connectivity index (χ2v) is 7.96. The maximum atomic E-state index is 5.68. The van der Waals surface area contributed by atoms with Crippen LogP contribution in [0.15, 0.2) is 18.5 Å². The van der Waals surface area contributed by atoms with E-state index < -0.39 is 0 Å². The summed E-state index contributed by atoms with van der Waals surface area (Å²) in [5.74, 6) is 3.13. The van der Waals surface area contributed by atoms with Gasteiger partial charge in [-0.1, -0.05) is 0 Å². The Bertz CT molecular complexity index is 452. The van der Waals surface area contributed by atoms with Gasteiger partial charge in [-0.15, -0.1) is 0 Å². The fourth-order valence-electron chi connectivity index (χ4n) is 6.02. The van der Waals surface area contributed by atoms with Crippen molar-refractivity contribution in [3.63, 3.8) is 0 Å². The summed E-state index contributed by atoms with van der Waals surface area (Å²) in [6.07, 6.45) is 14.8. The van der Waals surface area contributed by atoms with Crippen LogP contribution in [0.1, 0.15) is 57.1 Å². The lowest BCUT2D eigenvalue weighted by molar-refractivity contribution is -0.0787. The van der Waals surface area contributed by atoms with Crippen molar-refractivity contribution in [2.45, 2.75) is 57.9 Å². The molecular weight excluding hydrogens is 244 g/mol. The smallest absolute Gasteiger partial charge is 0.0359 e. The molecule has 1 aromatic heterocycles. The Balaban J connectivity index is 1.59. The van der Waals surface area contributed by atoms with Gasteiger partial charge in [0.2, 0.25) is 0 Å². The summed E-state index contributed by atoms with van der Waals surface area (Å²) < 4.78 is 2.50. The number of nitrogens with zero attached hydrogens (tertiary/aromatic N) is 1. The van der Waals surface area contributed by atoms with Gasteiger partial charge in [-0.25, -0.2) is 0 Å². The lowest BCUT2D eigenvalue weighted by Crippen LogP contribution is -2.49. The van der Waals surface area contributed by atoms with Gasteiger partial charge in [0, 0.05) is 18.4 Å². The summed E-state index contributed by atoms with van der Waals surface area (Å²) in [6, 6.07) is 2.94. The Hall–Kier alpha value is -0.760. The van der Waals surface area contributed by atoms with E-state index in [0.29, 0.717) is 11.5 Å². The molecule has 0 saturated heterocycles. The summed E-state index contributed by atoms with van der Waals surface area (Å²) >= 11 is 0. The van der Waals surface area contributed by atoms with Gasteiger partial charge >= 0.3 is 0 Å². The van der Waals surface area contributed by atoms with E-state index in [1.165, 1.54) is 44.1 Å². The molecular formula is C18H28N2. The van der Waals surface area contributed by atoms with Crippen molar-refractivity contribution >= 4 is 0 Å². The van der Waals surface area contributed by atoms with Crippen LogP contribution in [0.5, 0.6) is 0 Å². The van der Waals surface area contributed by atoms with Gasteiger partial charge in [-0.05, 0) is 93.2 Å². The van der Waals surface area contributed by atoms with Crippen molar-refractivity contribution in [1.29, 1.82) is 0 Å². The second kappa shape index (κ2) is 4.62. The monoisotopic (exact) mass is 272 g/mol. The third kappa shape index (κ3) is 1.95. The first-order valence-corrected chi connectivity index (χ1v) is 8.55. The average molecular weight is 272 g/mol. The third-order valence-electron chi connectivity index (χ3n) is 6.63. The first kappa shape index (κ1) is 12.9. The molecule has 4 saturated carbocycles. The molecule has 4 aliphatic rings. The highest BCUT2D eigenvalue weighted by atomic mass is 15.0. The third-order valence-corrected chi connectivity index (χ3v) is 6.63. The molecule has 1 unspecified atom stereocenters. The summed E-state index contributed by atoms with van der Waals surface area (Å²) in [5.41, 5.74) is 7.69. The van der Waals surface area contributed by atoms with E-state index in [0.717, 1.165) is 30.7 Å². The van der Waals surface area contributed by atoms with E-state index in [1.807, 2.05) is 0 Å². The van der Waals surface area contributed by atoms with E-state index in [4.69, 9.17) is 5.73 Å². The topological polar surface area (TPSA) is 30.9 Å². The van der Waals surface area contributed by atoms with Gasteiger partial charge in [0.1, 0.15) is 0 Å². The number of hydrogen-bond acceptors (Lipinski definition) is 1. The lowest BCUT2D eigenvalue weighted by atomic mass is 9.48. The second-order valence-electron chi connectivity index (χ2n) is 7.96. The molecule has 0 radical (unpaired) electrons. The molecule has 1 aromatic rings. The molecule has 5 rings (SSSR count). The predicted molar refractivity (Wildman–Crippen MR) is 82.5 cm³/mol. The fraction of sp³-hybridized carbons (Fsp3) is 0.778. The standard InChI is InChI=1S/C18H28N2/c1-13(20-5-3-14(12-20)2-4-19)18-9-15-6-16(10-18)8-17(7-15)11-18/h3,5,12-13,15-17H,2,4,6-11,19H2,1H3. The van der Waals surface area contributed by atoms with Gasteiger partial charge in [0.05, 0.1) is 0 Å². The minimum Gasteiger partial charge on any atom is -0.351 e. The molecule has 1 atom stereocenters. The highest BCUT2D eigenvalue weighted by Crippen LogP contribution is 2.63. The van der Waals surface area contributed by atoms with Crippen LogP contribution in [0.4, 0.5) is 0 Å². The largest absolute Gasteiger partial charge is 0.351 e. The van der Waals surface area contributed by atoms with Gasteiger partial charge in [0.25, 0.3) is 0 Å². The molecule has 0 spiro atoms. The maximum absolute atomic E-state index is 5.68. The van der Waals surface area contributed by atoms with E-state index in [2.05, 4.69) is 30.0 Å². The number of nitrogens with two attached hydrogens (primary N) is 1. The van der Waals surface area contributed by atoms with E-state index in [9.17, 15) is 0 Å². The average Bonchev–Trinajstić information content (AvgIpc) is 2.85. The highest BCUT2D eigenvalue weighted by Gasteiger charge is 2.53. The highest BCUT2D eigenvalue weighted by molar-refractivity contribution is 5.14. The molecule has 0 aliphatic heterocycles. The minimum atomic E-state index is 0.605. The molecule has 4 fully saturated rings. The zero-order chi connectivity index (χ0) is 13.7. The first-order chi connectivity index (χ1) is 9.68. The Morgan fingerprint density at radius 3 is 2.35 bits per heavy atom. The van der Waals surface area contributed by atoms with Gasteiger partial charge in [-0.2, -0.15) is 0 Å². The van der Waals surface area contributed by atoms with Crippen LogP contribution >= 0.6 is 0 Å². The van der Waals surface area contributed by atoms with Crippen molar-refractivity contribution in [2.24, 2.45) is 28.9 Å². The fourth-order valence-corrected chi connectivity index (χ4v) is 6.02. The Kier molecular flexibility index (Phi) is 2.99. The van der Waals surface area contributed by atoms with Crippen LogP contribution in [0, 0.1) is 23.2 Å². The molecule has 2 nitrogen and oxygen atoms in total. The van der Waals surface area contributed by atoms with Crippen LogP contribution < -0.4 is 5.73 Å². The van der Waals surface area contributed by atoms with Crippen molar-refractivity contribution in [3.05, 3.63) is 24.0 Å². The number of aromatic nitrogens is 1. The van der Waals surface area contributed by atoms with E-state index in [1.54, 1.807) is 0 Å². The molecule has 110 valence electrons. The van der Waals surface area contributed by atoms with Crippen LogP contribution in [0.3, 0.4) is 0 Å². The molecule has 0 amide bonds. The van der Waals surface area contributed by atoms with Crippen LogP contribution in [0.25, 0.3) is 0 Å². The van der Waals surface area contributed by atoms with Gasteiger partial charge < -0.3 is 10.3 Å². The summed E-state index contributed by atoms with van der Waals surface area (Å²) in [5, 5.41) is 0. The minimum absolute atomic E-state index is 0.605. The van der Waals surface area contributed by atoms with Crippen LogP contribution in [-0.4, -0.2) is 11.1 Å². The molecule has 4 aliphatic carbocycles. The number of hydrogen-bond donors (Lipinski definition) is 1. The number of rotatable bonds is 4. The van der Waals surface area contributed by atoms with Gasteiger partial charge in [-0.3, -0.25) is 0 Å². The Morgan fingerprint density at radius 2 is 1.80 bits per heavy atom. The quantitative estimate of drug-likeness (QED) is 0.888. The van der Waals surface area contributed by atoms with Crippen molar-refractivity contribution in [1.82, 2.24) is 4.57 Å². The predicted octanol–water partition coefficient (Wildman–Crippen LogP) is 3.77. The van der Waals surface area contributed by atoms with Crippen LogP contribution in [-0.2, 0) is 6.42 Å². The summed E-state index contributed by atoms with van der Waals surface area (Å²) in [6.45, 7) is 3.23. The van der Waals surface area contributed by atoms with E-state index >= 15 is 0 Å². The zero-order valence-corrected chi connectivity index (χ0v) is 12.7. The summed E-state index contributed by atoms with van der Waals surface area (Å²) in [7, 11) is 0. The van der Waals surface area contributed by atoms with Crippen molar-refractivity contribution in [2.75, 3.05) is 6.54 Å². The molecule has 0 aromatic carbocycles. The molecule has 20 heavy (non-hydrogen) atoms. The van der Waals surface area contributed by atoms with Crippen molar-refractivity contribution in [3.8, 4) is 0 Å². The molecule has 2 N–H and O–H groups in total. The molecule has 1 heterocycles. The van der Waals surface area contributed by atoms with Gasteiger partial charge in [0.15, 0.2) is 0 Å². The lowest BCUT2D eigenvalue weighted by Gasteiger charge is -2.59. The maximum Gasteiger partial charge on any atom is 0.0359 e. The van der Waals surface area contributed by atoms with E-state index in [-0.39, 0.29) is 0 Å². The first-order valence-electron chi connectivity index (χ1n) is 8.55. The zero-order valence-electron chi connectivity index (χ0n) is 12.7. The molecule has 4 bridgehead atoms. The molecule has 2 heteroatoms. The van der Waals surface area contributed by atoms with Crippen molar-refractivity contribution < 1.29 is 0 Å². The van der Waals surface area contributed by atoms with Crippen LogP contribution in [0.2, 0.25) is 0 Å². The Morgan fingerprint density at radius 1 is 1.20 bits per heavy atom. The Labute approximate surface area is 122 Å². The normalized spacial score (nSPS) is 40.2.